The number of halogens is 2. The molecule has 0 amide bonds. The number of morpholine rings is 1. The van der Waals surface area contributed by atoms with Crippen molar-refractivity contribution in [2.45, 2.75) is 19.8 Å². The molecule has 1 fully saturated rings. The Morgan fingerprint density at radius 3 is 2.74 bits per heavy atom. The smallest absolute Gasteiger partial charge is 0.340 e. The number of aryl methyl sites for hydroxylation is 1. The Labute approximate surface area is 201 Å². The molecule has 0 radical (unpaired) electrons. The topological polar surface area (TPSA) is 69.5 Å². The molecular weight excluding hydrogens is 459 g/mol. The Hall–Kier alpha value is -3.23. The number of imidazole rings is 1. The first kappa shape index (κ1) is 22.6. The second-order valence-electron chi connectivity index (χ2n) is 8.15. The molecule has 3 heterocycles. The summed E-state index contributed by atoms with van der Waals surface area (Å²) in [5.41, 5.74) is 3.39. The Bertz CT molecular complexity index is 1400. The van der Waals surface area contributed by atoms with Crippen molar-refractivity contribution in [2.75, 3.05) is 38.3 Å². The standard InChI is InChI=1S/C25H24ClFN4O3/c1-3-4-21-29-23-16(25(32)33-2)13-15(30-9-11-34-12-10-30)14-20(23)31(21)19-7-8-28-24-17(26)5-6-18(27)22(19)24/h5-8,13-14H,3-4,9-12H2,1-2H3. The van der Waals surface area contributed by atoms with E-state index >= 15 is 4.39 Å². The number of pyridine rings is 1. The summed E-state index contributed by atoms with van der Waals surface area (Å²) in [6.07, 6.45) is 3.06. The highest BCUT2D eigenvalue weighted by molar-refractivity contribution is 6.35. The highest BCUT2D eigenvalue weighted by Crippen LogP contribution is 2.35. The van der Waals surface area contributed by atoms with Crippen LogP contribution in [0.4, 0.5) is 10.1 Å². The van der Waals surface area contributed by atoms with Crippen molar-refractivity contribution in [3.8, 4) is 5.69 Å². The van der Waals surface area contributed by atoms with E-state index in [-0.39, 0.29) is 0 Å². The van der Waals surface area contributed by atoms with Gasteiger partial charge in [-0.05, 0) is 36.8 Å². The zero-order valence-corrected chi connectivity index (χ0v) is 19.7. The van der Waals surface area contributed by atoms with Gasteiger partial charge in [0.15, 0.2) is 0 Å². The molecule has 0 bridgehead atoms. The van der Waals surface area contributed by atoms with Crippen LogP contribution in [0.3, 0.4) is 0 Å². The van der Waals surface area contributed by atoms with E-state index in [4.69, 9.17) is 26.1 Å². The number of ether oxygens (including phenoxy) is 2. The summed E-state index contributed by atoms with van der Waals surface area (Å²) >= 11 is 6.36. The van der Waals surface area contributed by atoms with E-state index in [9.17, 15) is 4.79 Å². The van der Waals surface area contributed by atoms with Crippen molar-refractivity contribution in [3.63, 3.8) is 0 Å². The Kier molecular flexibility index (Phi) is 6.10. The molecule has 176 valence electrons. The fraction of sp³-hybridized carbons (Fsp3) is 0.320. The number of carbonyl (C=O) groups is 1. The average Bonchev–Trinajstić information content (AvgIpc) is 3.23. The van der Waals surface area contributed by atoms with E-state index in [1.165, 1.54) is 19.2 Å². The minimum Gasteiger partial charge on any atom is -0.465 e. The predicted octanol–water partition coefficient (Wildman–Crippen LogP) is 4.94. The van der Waals surface area contributed by atoms with Crippen LogP contribution in [0.25, 0.3) is 27.6 Å². The molecule has 0 saturated carbocycles. The third kappa shape index (κ3) is 3.76. The van der Waals surface area contributed by atoms with E-state index in [1.807, 2.05) is 23.6 Å². The van der Waals surface area contributed by atoms with Crippen molar-refractivity contribution < 1.29 is 18.7 Å². The maximum atomic E-state index is 15.1. The molecule has 2 aromatic carbocycles. The molecular formula is C25H24ClFN4O3. The number of aromatic nitrogens is 3. The number of anilines is 1. The second-order valence-corrected chi connectivity index (χ2v) is 8.56. The number of esters is 1. The van der Waals surface area contributed by atoms with Crippen molar-refractivity contribution in [2.24, 2.45) is 0 Å². The molecule has 1 aliphatic rings. The molecule has 2 aromatic heterocycles. The van der Waals surface area contributed by atoms with Gasteiger partial charge in [-0.15, -0.1) is 0 Å². The lowest BCUT2D eigenvalue weighted by atomic mass is 10.1. The van der Waals surface area contributed by atoms with Gasteiger partial charge in [-0.1, -0.05) is 18.5 Å². The number of nitrogens with zero attached hydrogens (tertiary/aromatic N) is 4. The SMILES string of the molecule is CCCc1nc2c(C(=O)OC)cc(N3CCOCC3)cc2n1-c1ccnc2c(Cl)ccc(F)c12. The summed E-state index contributed by atoms with van der Waals surface area (Å²) in [7, 11) is 1.35. The first-order valence-electron chi connectivity index (χ1n) is 11.2. The minimum atomic E-state index is -0.471. The van der Waals surface area contributed by atoms with Crippen LogP contribution >= 0.6 is 11.6 Å². The van der Waals surface area contributed by atoms with Crippen LogP contribution in [-0.4, -0.2) is 53.9 Å². The molecule has 7 nitrogen and oxygen atoms in total. The third-order valence-corrected chi connectivity index (χ3v) is 6.39. The van der Waals surface area contributed by atoms with Gasteiger partial charge in [0.25, 0.3) is 0 Å². The van der Waals surface area contributed by atoms with Crippen molar-refractivity contribution in [3.05, 3.63) is 58.8 Å². The lowest BCUT2D eigenvalue weighted by Crippen LogP contribution is -2.36. The van der Waals surface area contributed by atoms with Crippen LogP contribution < -0.4 is 4.90 Å². The Morgan fingerprint density at radius 2 is 2.00 bits per heavy atom. The molecule has 0 N–H and O–H groups in total. The largest absolute Gasteiger partial charge is 0.465 e. The lowest BCUT2D eigenvalue weighted by Gasteiger charge is -2.29. The highest BCUT2D eigenvalue weighted by Gasteiger charge is 2.24. The molecule has 34 heavy (non-hydrogen) atoms. The number of rotatable bonds is 5. The maximum absolute atomic E-state index is 15.1. The quantitative estimate of drug-likeness (QED) is 0.375. The lowest BCUT2D eigenvalue weighted by molar-refractivity contribution is 0.0603. The molecule has 4 aromatic rings. The van der Waals surface area contributed by atoms with Crippen LogP contribution in [0.2, 0.25) is 5.02 Å². The van der Waals surface area contributed by atoms with E-state index < -0.39 is 11.8 Å². The van der Waals surface area contributed by atoms with Gasteiger partial charge in [0, 0.05) is 31.4 Å². The summed E-state index contributed by atoms with van der Waals surface area (Å²) in [6.45, 7) is 4.65. The zero-order chi connectivity index (χ0) is 23.8. The third-order valence-electron chi connectivity index (χ3n) is 6.08. The number of methoxy groups -OCH3 is 1. The van der Waals surface area contributed by atoms with Gasteiger partial charge in [0.05, 0.1) is 53.0 Å². The van der Waals surface area contributed by atoms with E-state index in [0.717, 1.165) is 12.1 Å². The van der Waals surface area contributed by atoms with Gasteiger partial charge in [-0.3, -0.25) is 9.55 Å². The number of benzene rings is 2. The average molecular weight is 483 g/mol. The normalized spacial score (nSPS) is 14.2. The molecule has 5 rings (SSSR count). The molecule has 0 unspecified atom stereocenters. The number of hydrogen-bond donors (Lipinski definition) is 0. The maximum Gasteiger partial charge on any atom is 0.340 e. The minimum absolute atomic E-state index is 0.308. The van der Waals surface area contributed by atoms with Gasteiger partial charge in [0.1, 0.15) is 17.2 Å². The van der Waals surface area contributed by atoms with Crippen LogP contribution in [0, 0.1) is 5.82 Å². The summed E-state index contributed by atoms with van der Waals surface area (Å²) in [6, 6.07) is 8.40. The van der Waals surface area contributed by atoms with Gasteiger partial charge in [-0.25, -0.2) is 14.2 Å². The first-order valence-corrected chi connectivity index (χ1v) is 11.6. The van der Waals surface area contributed by atoms with Crippen molar-refractivity contribution in [1.82, 2.24) is 14.5 Å². The van der Waals surface area contributed by atoms with Crippen molar-refractivity contribution in [1.29, 1.82) is 0 Å². The fourth-order valence-corrected chi connectivity index (χ4v) is 4.71. The summed E-state index contributed by atoms with van der Waals surface area (Å²) in [4.78, 5) is 24.1. The van der Waals surface area contributed by atoms with Crippen LogP contribution in [0.1, 0.15) is 29.5 Å². The van der Waals surface area contributed by atoms with Crippen LogP contribution in [-0.2, 0) is 15.9 Å². The number of hydrogen-bond acceptors (Lipinski definition) is 6. The van der Waals surface area contributed by atoms with Gasteiger partial charge >= 0.3 is 5.97 Å². The molecule has 0 aliphatic carbocycles. The van der Waals surface area contributed by atoms with Crippen LogP contribution in [0.5, 0.6) is 0 Å². The van der Waals surface area contributed by atoms with Crippen LogP contribution in [0.15, 0.2) is 36.5 Å². The molecule has 0 spiro atoms. The van der Waals surface area contributed by atoms with Gasteiger partial charge < -0.3 is 14.4 Å². The number of carbonyl (C=O) groups excluding carboxylic acids is 1. The molecule has 0 atom stereocenters. The van der Waals surface area contributed by atoms with E-state index in [1.54, 1.807) is 12.3 Å². The van der Waals surface area contributed by atoms with E-state index in [0.29, 0.717) is 76.8 Å². The van der Waals surface area contributed by atoms with Gasteiger partial charge in [-0.2, -0.15) is 0 Å². The Morgan fingerprint density at radius 1 is 1.21 bits per heavy atom. The summed E-state index contributed by atoms with van der Waals surface area (Å²) < 4.78 is 27.6. The summed E-state index contributed by atoms with van der Waals surface area (Å²) in [5.74, 6) is -0.181. The second kappa shape index (κ2) is 9.19. The molecule has 1 aliphatic heterocycles. The molecule has 9 heteroatoms. The predicted molar refractivity (Wildman–Crippen MR) is 130 cm³/mol. The number of fused-ring (bicyclic) bond motifs is 2. The Balaban J connectivity index is 1.86. The summed E-state index contributed by atoms with van der Waals surface area (Å²) in [5, 5.41) is 0.673. The van der Waals surface area contributed by atoms with Crippen molar-refractivity contribution >= 4 is 45.2 Å². The highest BCUT2D eigenvalue weighted by atomic mass is 35.5. The van der Waals surface area contributed by atoms with E-state index in [2.05, 4.69) is 9.88 Å². The monoisotopic (exact) mass is 482 g/mol. The van der Waals surface area contributed by atoms with Gasteiger partial charge in [0.2, 0.25) is 0 Å². The molecule has 1 saturated heterocycles. The fourth-order valence-electron chi connectivity index (χ4n) is 4.50. The first-order chi connectivity index (χ1) is 16.5. The zero-order valence-electron chi connectivity index (χ0n) is 19.0.